The van der Waals surface area contributed by atoms with Crippen LogP contribution in [0.1, 0.15) is 49.9 Å². The number of nitrogens with one attached hydrogen (secondary N) is 1. The third-order valence-corrected chi connectivity index (χ3v) is 5.25. The highest BCUT2D eigenvalue weighted by atomic mass is 16.5. The highest BCUT2D eigenvalue weighted by Crippen LogP contribution is 2.23. The van der Waals surface area contributed by atoms with Gasteiger partial charge in [-0.2, -0.15) is 0 Å². The number of rotatable bonds is 4. The van der Waals surface area contributed by atoms with E-state index < -0.39 is 0 Å². The van der Waals surface area contributed by atoms with E-state index in [1.165, 1.54) is 0 Å². The highest BCUT2D eigenvalue weighted by Gasteiger charge is 2.28. The molecule has 1 unspecified atom stereocenters. The monoisotopic (exact) mass is 346 g/mol. The second-order valence-corrected chi connectivity index (χ2v) is 7.63. The minimum atomic E-state index is 0.148. The van der Waals surface area contributed by atoms with Crippen LogP contribution in [0.3, 0.4) is 0 Å². The largest absolute Gasteiger partial charge is 0.460 e. The van der Waals surface area contributed by atoms with Gasteiger partial charge in [0.25, 0.3) is 0 Å². The molecule has 25 heavy (non-hydrogen) atoms. The Balaban J connectivity index is 1.44. The average Bonchev–Trinajstić information content (AvgIpc) is 2.56. The van der Waals surface area contributed by atoms with E-state index in [1.807, 2.05) is 19.9 Å². The molecule has 0 aromatic carbocycles. The van der Waals surface area contributed by atoms with Crippen molar-refractivity contribution in [2.75, 3.05) is 20.1 Å². The van der Waals surface area contributed by atoms with Crippen molar-refractivity contribution >= 4 is 5.91 Å². The minimum absolute atomic E-state index is 0.148. The van der Waals surface area contributed by atoms with Gasteiger partial charge in [-0.25, -0.2) is 9.97 Å². The smallest absolute Gasteiger partial charge is 0.317 e. The predicted molar refractivity (Wildman–Crippen MR) is 96.5 cm³/mol. The first-order valence-electron chi connectivity index (χ1n) is 9.47. The van der Waals surface area contributed by atoms with Crippen molar-refractivity contribution in [3.63, 3.8) is 0 Å². The normalized spacial score (nSPS) is 27.7. The minimum Gasteiger partial charge on any atom is -0.460 e. The van der Waals surface area contributed by atoms with Gasteiger partial charge in [0.1, 0.15) is 6.10 Å². The van der Waals surface area contributed by atoms with E-state index in [1.54, 1.807) is 0 Å². The van der Waals surface area contributed by atoms with Gasteiger partial charge in [-0.05, 0) is 72.0 Å². The van der Waals surface area contributed by atoms with E-state index in [9.17, 15) is 4.79 Å². The van der Waals surface area contributed by atoms with Crippen molar-refractivity contribution in [1.82, 2.24) is 20.2 Å². The Labute approximate surface area is 150 Å². The quantitative estimate of drug-likeness (QED) is 0.906. The van der Waals surface area contributed by atoms with Gasteiger partial charge in [0.2, 0.25) is 5.91 Å². The molecular weight excluding hydrogens is 316 g/mol. The fourth-order valence-corrected chi connectivity index (χ4v) is 3.92. The summed E-state index contributed by atoms with van der Waals surface area (Å²) in [6, 6.07) is 2.71. The fourth-order valence-electron chi connectivity index (χ4n) is 3.92. The molecule has 0 spiro atoms. The lowest BCUT2D eigenvalue weighted by Crippen LogP contribution is -2.46. The van der Waals surface area contributed by atoms with Crippen molar-refractivity contribution < 1.29 is 9.53 Å². The summed E-state index contributed by atoms with van der Waals surface area (Å²) >= 11 is 0. The summed E-state index contributed by atoms with van der Waals surface area (Å²) in [6.45, 7) is 5.90. The van der Waals surface area contributed by atoms with Crippen molar-refractivity contribution in [2.45, 2.75) is 64.5 Å². The van der Waals surface area contributed by atoms with Crippen LogP contribution in [0, 0.1) is 19.8 Å². The van der Waals surface area contributed by atoms with Crippen LogP contribution in [-0.4, -0.2) is 53.1 Å². The molecular formula is C19H30N4O2. The molecule has 1 saturated heterocycles. The van der Waals surface area contributed by atoms with Gasteiger partial charge in [0.05, 0.1) is 5.92 Å². The lowest BCUT2D eigenvalue weighted by Gasteiger charge is -2.32. The second kappa shape index (κ2) is 8.13. The number of ether oxygens (including phenoxy) is 1. The Morgan fingerprint density at radius 3 is 2.48 bits per heavy atom. The van der Waals surface area contributed by atoms with Gasteiger partial charge >= 0.3 is 6.01 Å². The average molecular weight is 346 g/mol. The Kier molecular flexibility index (Phi) is 5.89. The number of carbonyl (C=O) groups excluding carboxylic acids is 1. The van der Waals surface area contributed by atoms with Crippen LogP contribution in [-0.2, 0) is 4.79 Å². The Bertz CT molecular complexity index is 579. The molecule has 6 nitrogen and oxygen atoms in total. The first-order valence-corrected chi connectivity index (χ1v) is 9.47. The zero-order valence-electron chi connectivity index (χ0n) is 15.6. The van der Waals surface area contributed by atoms with Gasteiger partial charge in [-0.15, -0.1) is 0 Å². The predicted octanol–water partition coefficient (Wildman–Crippen LogP) is 2.24. The van der Waals surface area contributed by atoms with Crippen molar-refractivity contribution in [1.29, 1.82) is 0 Å². The molecule has 1 atom stereocenters. The number of amides is 1. The maximum atomic E-state index is 12.5. The van der Waals surface area contributed by atoms with Crippen molar-refractivity contribution in [3.8, 4) is 6.01 Å². The van der Waals surface area contributed by atoms with Crippen LogP contribution >= 0.6 is 0 Å². The Hall–Kier alpha value is -1.69. The molecule has 1 aromatic rings. The van der Waals surface area contributed by atoms with Crippen LogP contribution in [0.15, 0.2) is 6.07 Å². The Morgan fingerprint density at radius 1 is 1.16 bits per heavy atom. The standard InChI is InChI=1S/C19H30N4O2/c1-13-11-14(2)21-19(20-13)25-17-8-6-16(7-9-17)22-18(24)15-5-4-10-23(3)12-15/h11,15-17H,4-10,12H2,1-3H3,(H,22,24). The van der Waals surface area contributed by atoms with Crippen LogP contribution in [0.2, 0.25) is 0 Å². The molecule has 2 aliphatic rings. The molecule has 2 fully saturated rings. The van der Waals surface area contributed by atoms with Gasteiger partial charge in [0.15, 0.2) is 0 Å². The summed E-state index contributed by atoms with van der Waals surface area (Å²) in [5.41, 5.74) is 1.86. The topological polar surface area (TPSA) is 67.3 Å². The first kappa shape index (κ1) is 18.1. The second-order valence-electron chi connectivity index (χ2n) is 7.63. The number of carbonyl (C=O) groups is 1. The lowest BCUT2D eigenvalue weighted by molar-refractivity contribution is -0.127. The molecule has 1 aliphatic heterocycles. The molecule has 6 heteroatoms. The molecule has 0 radical (unpaired) electrons. The molecule has 2 heterocycles. The van der Waals surface area contributed by atoms with Crippen LogP contribution in [0.5, 0.6) is 6.01 Å². The summed E-state index contributed by atoms with van der Waals surface area (Å²) in [6.07, 6.45) is 6.07. The molecule has 138 valence electrons. The summed E-state index contributed by atoms with van der Waals surface area (Å²) in [7, 11) is 2.09. The third kappa shape index (κ3) is 5.14. The SMILES string of the molecule is Cc1cc(C)nc(OC2CCC(NC(=O)C3CCCN(C)C3)CC2)n1. The van der Waals surface area contributed by atoms with E-state index in [4.69, 9.17) is 4.74 Å². The number of piperidine rings is 1. The highest BCUT2D eigenvalue weighted by molar-refractivity contribution is 5.79. The van der Waals surface area contributed by atoms with Gasteiger partial charge in [-0.1, -0.05) is 0 Å². The summed E-state index contributed by atoms with van der Waals surface area (Å²) < 4.78 is 5.96. The van der Waals surface area contributed by atoms with Crippen LogP contribution < -0.4 is 10.1 Å². The van der Waals surface area contributed by atoms with Crippen LogP contribution in [0.4, 0.5) is 0 Å². The maximum Gasteiger partial charge on any atom is 0.317 e. The van der Waals surface area contributed by atoms with E-state index in [0.29, 0.717) is 6.01 Å². The van der Waals surface area contributed by atoms with E-state index in [0.717, 1.165) is 63.0 Å². The van der Waals surface area contributed by atoms with E-state index in [2.05, 4.69) is 27.2 Å². The van der Waals surface area contributed by atoms with Crippen LogP contribution in [0.25, 0.3) is 0 Å². The molecule has 0 bridgehead atoms. The molecule has 1 aromatic heterocycles. The lowest BCUT2D eigenvalue weighted by atomic mass is 9.91. The number of hydrogen-bond donors (Lipinski definition) is 1. The number of nitrogens with zero attached hydrogens (tertiary/aromatic N) is 3. The summed E-state index contributed by atoms with van der Waals surface area (Å²) in [5, 5.41) is 3.26. The molecule has 1 amide bonds. The molecule has 3 rings (SSSR count). The zero-order valence-corrected chi connectivity index (χ0v) is 15.6. The number of hydrogen-bond acceptors (Lipinski definition) is 5. The van der Waals surface area contributed by atoms with Crippen molar-refractivity contribution in [3.05, 3.63) is 17.5 Å². The number of aromatic nitrogens is 2. The molecule has 1 aliphatic carbocycles. The Morgan fingerprint density at radius 2 is 1.84 bits per heavy atom. The number of likely N-dealkylation sites (tertiary alicyclic amines) is 1. The first-order chi connectivity index (χ1) is 12.0. The van der Waals surface area contributed by atoms with E-state index in [-0.39, 0.29) is 24.0 Å². The zero-order chi connectivity index (χ0) is 17.8. The maximum absolute atomic E-state index is 12.5. The molecule has 1 saturated carbocycles. The van der Waals surface area contributed by atoms with Gasteiger partial charge in [-0.3, -0.25) is 4.79 Å². The third-order valence-electron chi connectivity index (χ3n) is 5.25. The van der Waals surface area contributed by atoms with Gasteiger partial charge < -0.3 is 15.0 Å². The van der Waals surface area contributed by atoms with Gasteiger partial charge in [0, 0.05) is 24.0 Å². The number of aryl methyl sites for hydroxylation is 2. The van der Waals surface area contributed by atoms with Crippen molar-refractivity contribution in [2.24, 2.45) is 5.92 Å². The molecule has 1 N–H and O–H groups in total. The van der Waals surface area contributed by atoms with E-state index >= 15 is 0 Å². The summed E-state index contributed by atoms with van der Waals surface area (Å²) in [5.74, 6) is 0.380. The summed E-state index contributed by atoms with van der Waals surface area (Å²) in [4.78, 5) is 23.4. The fraction of sp³-hybridized carbons (Fsp3) is 0.737.